The zero-order valence-electron chi connectivity index (χ0n) is 23.8. The van der Waals surface area contributed by atoms with E-state index >= 15 is 0 Å². The van der Waals surface area contributed by atoms with E-state index in [9.17, 15) is 18.0 Å². The first kappa shape index (κ1) is 31.8. The Morgan fingerprint density at radius 2 is 1.66 bits per heavy atom. The molecule has 9 nitrogen and oxygen atoms in total. The highest BCUT2D eigenvalue weighted by molar-refractivity contribution is 7.92. The van der Waals surface area contributed by atoms with Crippen LogP contribution in [0.5, 0.6) is 11.5 Å². The second-order valence-corrected chi connectivity index (χ2v) is 11.9. The minimum atomic E-state index is -4.26. The van der Waals surface area contributed by atoms with Gasteiger partial charge in [0.15, 0.2) is 0 Å². The van der Waals surface area contributed by atoms with Gasteiger partial charge in [-0.15, -0.1) is 0 Å². The lowest BCUT2D eigenvalue weighted by molar-refractivity contribution is -0.139. The van der Waals surface area contributed by atoms with Crippen LogP contribution in [0.1, 0.15) is 33.3 Å². The first-order chi connectivity index (χ1) is 19.5. The maximum absolute atomic E-state index is 14.1. The molecule has 0 saturated carbocycles. The Labute approximate surface area is 247 Å². The number of nitrogens with one attached hydrogen (secondary N) is 1. The van der Waals surface area contributed by atoms with E-state index in [2.05, 4.69) is 5.32 Å². The number of sulfonamides is 1. The molecular weight excluding hydrogens is 566 g/mol. The maximum Gasteiger partial charge on any atom is 0.264 e. The van der Waals surface area contributed by atoms with Gasteiger partial charge in [0.1, 0.15) is 24.1 Å². The molecule has 0 radical (unpaired) electrons. The Kier molecular flexibility index (Phi) is 11.0. The zero-order valence-corrected chi connectivity index (χ0v) is 25.4. The molecule has 3 aromatic carbocycles. The van der Waals surface area contributed by atoms with Crippen molar-refractivity contribution in [2.45, 2.75) is 51.2 Å². The minimum Gasteiger partial charge on any atom is -0.497 e. The van der Waals surface area contributed by atoms with Crippen LogP contribution in [0.2, 0.25) is 5.02 Å². The van der Waals surface area contributed by atoms with Gasteiger partial charge in [-0.05, 0) is 81.8 Å². The van der Waals surface area contributed by atoms with E-state index in [0.717, 1.165) is 4.31 Å². The largest absolute Gasteiger partial charge is 0.497 e. The summed E-state index contributed by atoms with van der Waals surface area (Å²) in [6.07, 6.45) is 0. The van der Waals surface area contributed by atoms with Crippen molar-refractivity contribution in [1.29, 1.82) is 0 Å². The molecule has 41 heavy (non-hydrogen) atoms. The van der Waals surface area contributed by atoms with Crippen molar-refractivity contribution in [2.75, 3.05) is 24.6 Å². The van der Waals surface area contributed by atoms with Gasteiger partial charge in [0.2, 0.25) is 11.8 Å². The summed E-state index contributed by atoms with van der Waals surface area (Å²) in [5.74, 6) is -0.0572. The van der Waals surface area contributed by atoms with Crippen molar-refractivity contribution < 1.29 is 27.5 Å². The number of para-hydroxylation sites is 2. The molecule has 1 N–H and O–H groups in total. The number of amides is 2. The van der Waals surface area contributed by atoms with Crippen molar-refractivity contribution in [3.8, 4) is 11.5 Å². The summed E-state index contributed by atoms with van der Waals surface area (Å²) in [4.78, 5) is 28.4. The third-order valence-corrected chi connectivity index (χ3v) is 8.23. The Bertz CT molecular complexity index is 1450. The molecule has 0 bridgehead atoms. The average molecular weight is 602 g/mol. The van der Waals surface area contributed by atoms with E-state index < -0.39 is 28.5 Å². The number of carbonyl (C=O) groups is 2. The highest BCUT2D eigenvalue weighted by atomic mass is 35.5. The molecular formula is C30H36ClN3O6S. The molecule has 1 atom stereocenters. The number of benzene rings is 3. The second-order valence-electron chi connectivity index (χ2n) is 9.58. The molecule has 0 unspecified atom stereocenters. The predicted molar refractivity (Wildman–Crippen MR) is 160 cm³/mol. The fourth-order valence-corrected chi connectivity index (χ4v) is 5.69. The van der Waals surface area contributed by atoms with E-state index in [1.54, 1.807) is 56.3 Å². The smallest absolute Gasteiger partial charge is 0.264 e. The first-order valence-electron chi connectivity index (χ1n) is 13.2. The standard InChI is InChI=1S/C30H36ClN3O6S/c1-6-40-28-13-8-7-12-27(28)34(41(37,38)26-16-14-24(31)15-17-26)20-29(35)33(22(4)30(36)32-21(2)3)19-23-10-9-11-25(18-23)39-5/h7-18,21-22H,6,19-20H2,1-5H3,(H,32,36)/t22-/m0/s1. The quantitative estimate of drug-likeness (QED) is 0.299. The van der Waals surface area contributed by atoms with Gasteiger partial charge < -0.3 is 19.7 Å². The van der Waals surface area contributed by atoms with Crippen LogP contribution in [0.4, 0.5) is 5.69 Å². The highest BCUT2D eigenvalue weighted by Crippen LogP contribution is 2.33. The van der Waals surface area contributed by atoms with Crippen LogP contribution in [0.25, 0.3) is 0 Å². The fourth-order valence-electron chi connectivity index (χ4n) is 4.14. The van der Waals surface area contributed by atoms with Crippen LogP contribution in [0, 0.1) is 0 Å². The van der Waals surface area contributed by atoms with E-state index in [1.165, 1.54) is 36.3 Å². The number of anilines is 1. The normalized spacial score (nSPS) is 12.0. The number of carbonyl (C=O) groups excluding carboxylic acids is 2. The maximum atomic E-state index is 14.1. The molecule has 3 aromatic rings. The lowest BCUT2D eigenvalue weighted by Crippen LogP contribution is -2.52. The van der Waals surface area contributed by atoms with Crippen LogP contribution < -0.4 is 19.1 Å². The first-order valence-corrected chi connectivity index (χ1v) is 15.0. The number of hydrogen-bond donors (Lipinski definition) is 1. The summed E-state index contributed by atoms with van der Waals surface area (Å²) < 4.78 is 40.1. The predicted octanol–water partition coefficient (Wildman–Crippen LogP) is 4.88. The Morgan fingerprint density at radius 3 is 2.29 bits per heavy atom. The van der Waals surface area contributed by atoms with Crippen LogP contribution in [-0.2, 0) is 26.2 Å². The molecule has 0 saturated heterocycles. The second kappa shape index (κ2) is 14.2. The number of rotatable bonds is 13. The Balaban J connectivity index is 2.09. The average Bonchev–Trinajstić information content (AvgIpc) is 2.94. The van der Waals surface area contributed by atoms with Gasteiger partial charge in [0.05, 0.1) is 24.3 Å². The van der Waals surface area contributed by atoms with Crippen molar-refractivity contribution in [3.05, 3.63) is 83.4 Å². The van der Waals surface area contributed by atoms with Crippen LogP contribution in [-0.4, -0.2) is 57.5 Å². The Morgan fingerprint density at radius 1 is 0.976 bits per heavy atom. The molecule has 0 aliphatic carbocycles. The van der Waals surface area contributed by atoms with Crippen LogP contribution >= 0.6 is 11.6 Å². The summed E-state index contributed by atoms with van der Waals surface area (Å²) >= 11 is 6.01. The summed E-state index contributed by atoms with van der Waals surface area (Å²) in [6.45, 7) is 6.79. The third-order valence-electron chi connectivity index (χ3n) is 6.20. The zero-order chi connectivity index (χ0) is 30.2. The molecule has 0 aromatic heterocycles. The molecule has 220 valence electrons. The van der Waals surface area contributed by atoms with Crippen LogP contribution in [0.15, 0.2) is 77.7 Å². The van der Waals surface area contributed by atoms with E-state index in [4.69, 9.17) is 21.1 Å². The minimum absolute atomic E-state index is 0.0463. The summed E-state index contributed by atoms with van der Waals surface area (Å²) in [6, 6.07) is 18.4. The highest BCUT2D eigenvalue weighted by Gasteiger charge is 2.34. The van der Waals surface area contributed by atoms with Gasteiger partial charge in [-0.25, -0.2) is 8.42 Å². The van der Waals surface area contributed by atoms with Gasteiger partial charge >= 0.3 is 0 Å². The lowest BCUT2D eigenvalue weighted by atomic mass is 10.1. The molecule has 0 aliphatic rings. The van der Waals surface area contributed by atoms with Gasteiger partial charge in [-0.2, -0.15) is 0 Å². The van der Waals surface area contributed by atoms with Crippen molar-refractivity contribution in [1.82, 2.24) is 10.2 Å². The molecule has 0 heterocycles. The fraction of sp³-hybridized carbons (Fsp3) is 0.333. The molecule has 0 spiro atoms. The van der Waals surface area contributed by atoms with Gasteiger partial charge in [0.25, 0.3) is 10.0 Å². The molecule has 11 heteroatoms. The van der Waals surface area contributed by atoms with Crippen molar-refractivity contribution >= 4 is 39.1 Å². The van der Waals surface area contributed by atoms with E-state index in [1.807, 2.05) is 19.9 Å². The number of halogens is 1. The molecule has 3 rings (SSSR count). The van der Waals surface area contributed by atoms with Crippen LogP contribution in [0.3, 0.4) is 0 Å². The van der Waals surface area contributed by atoms with Crippen molar-refractivity contribution in [3.63, 3.8) is 0 Å². The molecule has 0 fully saturated rings. The number of nitrogens with zero attached hydrogens (tertiary/aromatic N) is 2. The SMILES string of the molecule is CCOc1ccccc1N(CC(=O)N(Cc1cccc(OC)c1)[C@@H](C)C(=O)NC(C)C)S(=O)(=O)c1ccc(Cl)cc1. The van der Waals surface area contributed by atoms with Gasteiger partial charge in [-0.1, -0.05) is 35.9 Å². The van der Waals surface area contributed by atoms with E-state index in [0.29, 0.717) is 22.1 Å². The lowest BCUT2D eigenvalue weighted by Gasteiger charge is -2.32. The summed E-state index contributed by atoms with van der Waals surface area (Å²) in [5.41, 5.74) is 0.905. The molecule has 0 aliphatic heterocycles. The topological polar surface area (TPSA) is 105 Å². The van der Waals surface area contributed by atoms with Gasteiger partial charge in [-0.3, -0.25) is 13.9 Å². The number of ether oxygens (including phenoxy) is 2. The Hall–Kier alpha value is -3.76. The number of hydrogen-bond acceptors (Lipinski definition) is 6. The summed E-state index contributed by atoms with van der Waals surface area (Å²) in [5, 5.41) is 3.21. The van der Waals surface area contributed by atoms with Gasteiger partial charge in [0, 0.05) is 17.6 Å². The monoisotopic (exact) mass is 601 g/mol. The van der Waals surface area contributed by atoms with E-state index in [-0.39, 0.29) is 35.7 Å². The summed E-state index contributed by atoms with van der Waals surface area (Å²) in [7, 11) is -2.72. The number of methoxy groups -OCH3 is 1. The van der Waals surface area contributed by atoms with Crippen molar-refractivity contribution in [2.24, 2.45) is 0 Å². The molecule has 2 amide bonds. The third kappa shape index (κ3) is 8.14.